The average Bonchev–Trinajstić information content (AvgIpc) is 2.76. The van der Waals surface area contributed by atoms with Gasteiger partial charge in [0.25, 0.3) is 5.78 Å². The van der Waals surface area contributed by atoms with E-state index < -0.39 is 24.0 Å². The van der Waals surface area contributed by atoms with Crippen molar-refractivity contribution in [3.8, 4) is 0 Å². The molecule has 0 bridgehead atoms. The van der Waals surface area contributed by atoms with Crippen LogP contribution in [0.4, 0.5) is 13.2 Å². The first kappa shape index (κ1) is 16.8. The molecule has 0 saturated heterocycles. The van der Waals surface area contributed by atoms with Crippen molar-refractivity contribution in [1.29, 1.82) is 0 Å². The topological polar surface area (TPSA) is 66.4 Å². The summed E-state index contributed by atoms with van der Waals surface area (Å²) < 4.78 is 38.2. The number of allylic oxidation sites excluding steroid dienone is 2. The Morgan fingerprint density at radius 3 is 2.36 bits per heavy atom. The lowest BCUT2D eigenvalue weighted by molar-refractivity contribution is -0.168. The van der Waals surface area contributed by atoms with Gasteiger partial charge in [0.15, 0.2) is 0 Å². The number of aliphatic carboxylic acids is 1. The van der Waals surface area contributed by atoms with Crippen molar-refractivity contribution in [3.05, 3.63) is 11.3 Å². The molecule has 22 heavy (non-hydrogen) atoms. The number of hydrogen-bond acceptors (Lipinski definition) is 3. The predicted octanol–water partition coefficient (Wildman–Crippen LogP) is 2.89. The summed E-state index contributed by atoms with van der Waals surface area (Å²) in [6.45, 7) is 3.68. The van der Waals surface area contributed by atoms with Crippen LogP contribution in [0.5, 0.6) is 0 Å². The van der Waals surface area contributed by atoms with E-state index in [4.69, 9.17) is 0 Å². The molecule has 2 aliphatic rings. The quantitative estimate of drug-likeness (QED) is 0.790. The molecular weight excluding hydrogens is 299 g/mol. The molecule has 2 rings (SSSR count). The minimum absolute atomic E-state index is 0.0791. The van der Waals surface area contributed by atoms with Crippen molar-refractivity contribution < 1.29 is 27.9 Å². The first-order chi connectivity index (χ1) is 10.1. The molecule has 0 spiro atoms. The molecular formula is C15H20F3NO3. The summed E-state index contributed by atoms with van der Waals surface area (Å²) in [6.07, 6.45) is -2.59. The molecule has 1 saturated carbocycles. The zero-order valence-corrected chi connectivity index (χ0v) is 12.5. The molecule has 1 fully saturated rings. The highest BCUT2D eigenvalue weighted by Gasteiger charge is 2.53. The summed E-state index contributed by atoms with van der Waals surface area (Å²) in [5.74, 6) is -3.36. The second kappa shape index (κ2) is 5.93. The van der Waals surface area contributed by atoms with Gasteiger partial charge in [-0.15, -0.1) is 0 Å². The van der Waals surface area contributed by atoms with Crippen molar-refractivity contribution in [3.63, 3.8) is 0 Å². The predicted molar refractivity (Wildman–Crippen MR) is 72.9 cm³/mol. The number of hydrogen-bond donors (Lipinski definition) is 2. The number of nitrogens with one attached hydrogen (secondary N) is 1. The normalized spacial score (nSPS) is 25.7. The molecule has 2 N–H and O–H groups in total. The van der Waals surface area contributed by atoms with Gasteiger partial charge in [-0.1, -0.05) is 20.3 Å². The van der Waals surface area contributed by atoms with Crippen LogP contribution in [-0.4, -0.2) is 29.1 Å². The van der Waals surface area contributed by atoms with Crippen molar-refractivity contribution in [1.82, 2.24) is 5.32 Å². The number of fused-ring (bicyclic) bond motifs is 1. The number of carboxylic acids is 1. The fourth-order valence-corrected chi connectivity index (χ4v) is 3.46. The van der Waals surface area contributed by atoms with Gasteiger partial charge in [0.05, 0.1) is 0 Å². The molecule has 3 unspecified atom stereocenters. The van der Waals surface area contributed by atoms with Crippen molar-refractivity contribution in [2.75, 3.05) is 0 Å². The number of ketones is 1. The van der Waals surface area contributed by atoms with Crippen LogP contribution < -0.4 is 5.32 Å². The highest BCUT2D eigenvalue weighted by Crippen LogP contribution is 2.52. The Bertz CT molecular complexity index is 511. The maximum absolute atomic E-state index is 12.7. The van der Waals surface area contributed by atoms with Crippen molar-refractivity contribution in [2.45, 2.75) is 51.7 Å². The second-order valence-electron chi connectivity index (χ2n) is 6.46. The van der Waals surface area contributed by atoms with E-state index in [0.29, 0.717) is 19.3 Å². The largest absolute Gasteiger partial charge is 0.480 e. The minimum atomic E-state index is -4.91. The smallest absolute Gasteiger partial charge is 0.454 e. The zero-order chi connectivity index (χ0) is 16.7. The van der Waals surface area contributed by atoms with E-state index in [2.05, 4.69) is 5.32 Å². The molecule has 0 aromatic rings. The average molecular weight is 319 g/mol. The highest BCUT2D eigenvalue weighted by molar-refractivity contribution is 6.02. The molecule has 0 aromatic carbocycles. The van der Waals surface area contributed by atoms with E-state index in [0.717, 1.165) is 6.42 Å². The van der Waals surface area contributed by atoms with Gasteiger partial charge in [-0.05, 0) is 31.1 Å². The number of halogens is 3. The molecule has 0 amide bonds. The molecule has 124 valence electrons. The molecule has 2 aliphatic carbocycles. The van der Waals surface area contributed by atoms with Gasteiger partial charge in [-0.25, -0.2) is 4.79 Å². The monoisotopic (exact) mass is 319 g/mol. The summed E-state index contributed by atoms with van der Waals surface area (Å²) in [6, 6.07) is -0.965. The zero-order valence-electron chi connectivity index (χ0n) is 12.5. The van der Waals surface area contributed by atoms with Crippen LogP contribution in [0.1, 0.15) is 39.5 Å². The molecule has 0 radical (unpaired) electrons. The van der Waals surface area contributed by atoms with E-state index in [-0.39, 0.29) is 29.0 Å². The van der Waals surface area contributed by atoms with Crippen LogP contribution >= 0.6 is 0 Å². The first-order valence-corrected chi connectivity index (χ1v) is 7.47. The summed E-state index contributed by atoms with van der Waals surface area (Å²) in [5.41, 5.74) is -0.0390. The molecule has 4 nitrogen and oxygen atoms in total. The Balaban J connectivity index is 2.26. The number of Topliss-reactive ketones (excluding diaryl/α,β-unsaturated/α-hetero) is 1. The van der Waals surface area contributed by atoms with Gasteiger partial charge in [0, 0.05) is 17.2 Å². The number of carbonyl (C=O) groups excluding carboxylic acids is 1. The van der Waals surface area contributed by atoms with Crippen LogP contribution in [0, 0.1) is 17.8 Å². The third-order valence-electron chi connectivity index (χ3n) is 4.38. The molecule has 7 heteroatoms. The summed E-state index contributed by atoms with van der Waals surface area (Å²) >= 11 is 0. The third kappa shape index (κ3) is 3.13. The van der Waals surface area contributed by atoms with Crippen LogP contribution in [0.3, 0.4) is 0 Å². The van der Waals surface area contributed by atoms with E-state index in [1.807, 2.05) is 13.8 Å². The Labute approximate surface area is 126 Å². The van der Waals surface area contributed by atoms with E-state index >= 15 is 0 Å². The molecule has 3 atom stereocenters. The van der Waals surface area contributed by atoms with Crippen molar-refractivity contribution >= 4 is 11.8 Å². The van der Waals surface area contributed by atoms with Crippen LogP contribution in [0.2, 0.25) is 0 Å². The van der Waals surface area contributed by atoms with Crippen molar-refractivity contribution in [2.24, 2.45) is 17.8 Å². The fourth-order valence-electron chi connectivity index (χ4n) is 3.46. The Morgan fingerprint density at radius 2 is 1.86 bits per heavy atom. The number of carbonyl (C=O) groups is 2. The lowest BCUT2D eigenvalue weighted by Crippen LogP contribution is -2.47. The van der Waals surface area contributed by atoms with E-state index in [1.165, 1.54) is 0 Å². The lowest BCUT2D eigenvalue weighted by Gasteiger charge is -2.39. The standard InChI is InChI=1S/C15H20F3NO3/c1-7(2)6-10(14(21)22)19-12-9-5-3-4-8(9)11(12)13(20)15(16,17)18/h7-10,19H,3-6H2,1-2H3,(H,21,22). The van der Waals surface area contributed by atoms with Crippen LogP contribution in [-0.2, 0) is 9.59 Å². The Morgan fingerprint density at radius 1 is 1.27 bits per heavy atom. The third-order valence-corrected chi connectivity index (χ3v) is 4.38. The first-order valence-electron chi connectivity index (χ1n) is 7.47. The summed E-state index contributed by atoms with van der Waals surface area (Å²) in [7, 11) is 0. The lowest BCUT2D eigenvalue weighted by atomic mass is 9.71. The number of carboxylic acid groups (broad SMARTS) is 1. The SMILES string of the molecule is CC(C)CC(NC1=C(C(=O)C(F)(F)F)C2CCCC12)C(=O)O. The summed E-state index contributed by atoms with van der Waals surface area (Å²) in [5, 5.41) is 11.9. The fraction of sp³-hybridized carbons (Fsp3) is 0.733. The highest BCUT2D eigenvalue weighted by atomic mass is 19.4. The maximum atomic E-state index is 12.7. The number of rotatable bonds is 6. The van der Waals surface area contributed by atoms with Gasteiger partial charge in [-0.3, -0.25) is 4.79 Å². The second-order valence-corrected chi connectivity index (χ2v) is 6.46. The summed E-state index contributed by atoms with van der Waals surface area (Å²) in [4.78, 5) is 22.9. The van der Waals surface area contributed by atoms with Crippen LogP contribution in [0.15, 0.2) is 11.3 Å². The molecule has 0 heterocycles. The maximum Gasteiger partial charge on any atom is 0.454 e. The van der Waals surface area contributed by atoms with Gasteiger partial charge < -0.3 is 10.4 Å². The van der Waals surface area contributed by atoms with Gasteiger partial charge >= 0.3 is 12.1 Å². The van der Waals surface area contributed by atoms with E-state index in [9.17, 15) is 27.9 Å². The minimum Gasteiger partial charge on any atom is -0.480 e. The number of alkyl halides is 3. The van der Waals surface area contributed by atoms with Gasteiger partial charge in [-0.2, -0.15) is 13.2 Å². The molecule has 0 aromatic heterocycles. The van der Waals surface area contributed by atoms with Gasteiger partial charge in [0.1, 0.15) is 6.04 Å². The van der Waals surface area contributed by atoms with Crippen LogP contribution in [0.25, 0.3) is 0 Å². The van der Waals surface area contributed by atoms with Gasteiger partial charge in [0.2, 0.25) is 0 Å². The Hall–Kier alpha value is -1.53. The Kier molecular flexibility index (Phi) is 4.54. The van der Waals surface area contributed by atoms with E-state index in [1.54, 1.807) is 0 Å². The molecule has 0 aliphatic heterocycles.